The summed E-state index contributed by atoms with van der Waals surface area (Å²) < 4.78 is 6.90. The number of nitrogens with zero attached hydrogens (tertiary/aromatic N) is 1. The van der Waals surface area contributed by atoms with Crippen LogP contribution in [0.4, 0.5) is 0 Å². The highest BCUT2D eigenvalue weighted by atomic mass is 16.5. The van der Waals surface area contributed by atoms with Crippen LogP contribution in [0.15, 0.2) is 18.2 Å². The van der Waals surface area contributed by atoms with E-state index in [1.165, 1.54) is 24.9 Å². The lowest BCUT2D eigenvalue weighted by Gasteiger charge is -2.74. The first-order valence-electron chi connectivity index (χ1n) is 11.8. The Morgan fingerprint density at radius 2 is 1.97 bits per heavy atom. The number of piperidine rings is 1. The first kappa shape index (κ1) is 18.7. The van der Waals surface area contributed by atoms with Crippen LogP contribution in [0.5, 0.6) is 5.75 Å². The molecule has 1 N–H and O–H groups in total. The summed E-state index contributed by atoms with van der Waals surface area (Å²) >= 11 is 0. The molecule has 1 aromatic carbocycles. The second-order valence-electron chi connectivity index (χ2n) is 12.3. The number of likely N-dealkylation sites (N-methyl/N-ethyl adjacent to an activating group) is 1. The van der Waals surface area contributed by atoms with Gasteiger partial charge >= 0.3 is 0 Å². The molecular formula is C26H37NO2. The molecule has 1 saturated heterocycles. The van der Waals surface area contributed by atoms with Crippen LogP contribution in [-0.4, -0.2) is 41.3 Å². The van der Waals surface area contributed by atoms with Crippen molar-refractivity contribution in [3.05, 3.63) is 29.3 Å². The summed E-state index contributed by atoms with van der Waals surface area (Å²) in [6, 6.07) is 7.34. The first-order chi connectivity index (χ1) is 13.6. The van der Waals surface area contributed by atoms with E-state index in [1.807, 2.05) is 0 Å². The molecule has 29 heavy (non-hydrogen) atoms. The first-order valence-corrected chi connectivity index (χ1v) is 11.8. The lowest BCUT2D eigenvalue weighted by Crippen LogP contribution is -2.79. The van der Waals surface area contributed by atoms with Crippen molar-refractivity contribution in [1.29, 1.82) is 0 Å². The summed E-state index contributed by atoms with van der Waals surface area (Å²) in [5, 5.41) is 11.9. The Bertz CT molecular complexity index is 885. The maximum atomic E-state index is 11.9. The standard InChI is InChI=1S/C26H37NO2/c1-15-12-17-18(24(5,28)23(2,3)4)14-26(15)20-13-16-8-7-9-19-21(16)25(26,22(17)29-19)10-11-27(20)6/h7-9,15,17-18,20,22,28H,10-14H2,1-6H3/t15-,17?,18?,20-,22+,24?,25+,26?/m1/s1. The molecule has 4 bridgehead atoms. The van der Waals surface area contributed by atoms with Gasteiger partial charge in [-0.3, -0.25) is 0 Å². The molecule has 158 valence electrons. The second-order valence-corrected chi connectivity index (χ2v) is 12.3. The van der Waals surface area contributed by atoms with Gasteiger partial charge in [0, 0.05) is 28.4 Å². The molecule has 2 heterocycles. The van der Waals surface area contributed by atoms with E-state index in [0.29, 0.717) is 23.8 Å². The highest BCUT2D eigenvalue weighted by Crippen LogP contribution is 2.77. The van der Waals surface area contributed by atoms with Crippen LogP contribution >= 0.6 is 0 Å². The van der Waals surface area contributed by atoms with E-state index in [4.69, 9.17) is 4.74 Å². The van der Waals surface area contributed by atoms with Crippen molar-refractivity contribution in [3.63, 3.8) is 0 Å². The fraction of sp³-hybridized carbons (Fsp3) is 0.769. The predicted molar refractivity (Wildman–Crippen MR) is 115 cm³/mol. The van der Waals surface area contributed by atoms with Crippen LogP contribution in [0.2, 0.25) is 0 Å². The van der Waals surface area contributed by atoms with Gasteiger partial charge in [0.25, 0.3) is 0 Å². The number of likely N-dealkylation sites (tertiary alicyclic amines) is 1. The van der Waals surface area contributed by atoms with Gasteiger partial charge in [0.1, 0.15) is 11.9 Å². The minimum absolute atomic E-state index is 0.144. The van der Waals surface area contributed by atoms with E-state index in [0.717, 1.165) is 18.6 Å². The van der Waals surface area contributed by atoms with Crippen molar-refractivity contribution in [3.8, 4) is 5.75 Å². The van der Waals surface area contributed by atoms with Gasteiger partial charge in [-0.2, -0.15) is 0 Å². The van der Waals surface area contributed by atoms with E-state index < -0.39 is 5.60 Å². The number of hydrogen-bond donors (Lipinski definition) is 1. The molecule has 0 radical (unpaired) electrons. The average molecular weight is 396 g/mol. The molecule has 1 aromatic rings. The van der Waals surface area contributed by atoms with Gasteiger partial charge in [0.2, 0.25) is 0 Å². The smallest absolute Gasteiger partial charge is 0.123 e. The fourth-order valence-corrected chi connectivity index (χ4v) is 9.02. The molecule has 2 spiro atoms. The minimum atomic E-state index is -0.697. The summed E-state index contributed by atoms with van der Waals surface area (Å²) in [5.41, 5.74) is 2.62. The maximum absolute atomic E-state index is 11.9. The van der Waals surface area contributed by atoms with Crippen LogP contribution < -0.4 is 4.74 Å². The van der Waals surface area contributed by atoms with Gasteiger partial charge in [-0.1, -0.05) is 39.8 Å². The quantitative estimate of drug-likeness (QED) is 0.765. The molecular weight excluding hydrogens is 358 g/mol. The van der Waals surface area contributed by atoms with E-state index in [-0.39, 0.29) is 22.3 Å². The summed E-state index contributed by atoms with van der Waals surface area (Å²) in [4.78, 5) is 2.65. The number of aliphatic hydroxyl groups is 1. The molecule has 3 saturated carbocycles. The molecule has 4 fully saturated rings. The van der Waals surface area contributed by atoms with Crippen LogP contribution in [0.25, 0.3) is 0 Å². The van der Waals surface area contributed by atoms with Gasteiger partial charge in [-0.15, -0.1) is 0 Å². The SMILES string of the molecule is C[C@@H]1CC2C(C(C)(O)C(C)(C)C)CC13[C@H]1Cc4cccc5c4[C@@]3(CCN1C)[C@H]2O5. The molecule has 4 unspecified atom stereocenters. The zero-order valence-corrected chi connectivity index (χ0v) is 19.0. The molecule has 3 nitrogen and oxygen atoms in total. The van der Waals surface area contributed by atoms with Crippen LogP contribution in [-0.2, 0) is 11.8 Å². The van der Waals surface area contributed by atoms with Gasteiger partial charge in [0.05, 0.1) is 5.60 Å². The topological polar surface area (TPSA) is 32.7 Å². The van der Waals surface area contributed by atoms with Crippen LogP contribution in [0, 0.1) is 28.6 Å². The molecule has 8 atom stereocenters. The molecule has 0 amide bonds. The third kappa shape index (κ3) is 1.82. The average Bonchev–Trinajstić information content (AvgIpc) is 2.99. The molecule has 2 aliphatic heterocycles. The third-order valence-corrected chi connectivity index (χ3v) is 10.7. The van der Waals surface area contributed by atoms with E-state index in [2.05, 4.69) is 64.8 Å². The maximum Gasteiger partial charge on any atom is 0.123 e. The highest BCUT2D eigenvalue weighted by molar-refractivity contribution is 5.57. The molecule has 4 aliphatic carbocycles. The summed E-state index contributed by atoms with van der Waals surface area (Å²) in [6.45, 7) is 12.4. The Hall–Kier alpha value is -1.06. The number of benzene rings is 1. The molecule has 7 rings (SSSR count). The monoisotopic (exact) mass is 395 g/mol. The van der Waals surface area contributed by atoms with Gasteiger partial charge in [-0.25, -0.2) is 0 Å². The van der Waals surface area contributed by atoms with Crippen molar-refractivity contribution < 1.29 is 9.84 Å². The summed E-state index contributed by atoms with van der Waals surface area (Å²) in [5.74, 6) is 2.56. The normalized spacial score (nSPS) is 46.8. The largest absolute Gasteiger partial charge is 0.489 e. The predicted octanol–water partition coefficient (Wildman–Crippen LogP) is 4.41. The van der Waals surface area contributed by atoms with Crippen molar-refractivity contribution in [2.75, 3.05) is 13.6 Å². The van der Waals surface area contributed by atoms with E-state index in [1.54, 1.807) is 5.56 Å². The Labute approximate surface area is 175 Å². The Balaban J connectivity index is 1.62. The van der Waals surface area contributed by atoms with Crippen LogP contribution in [0.1, 0.15) is 65.0 Å². The van der Waals surface area contributed by atoms with Crippen molar-refractivity contribution in [2.45, 2.75) is 83.5 Å². The lowest BCUT2D eigenvalue weighted by atomic mass is 9.32. The highest BCUT2D eigenvalue weighted by Gasteiger charge is 2.78. The van der Waals surface area contributed by atoms with Gasteiger partial charge in [0.15, 0.2) is 0 Å². The van der Waals surface area contributed by atoms with E-state index in [9.17, 15) is 5.11 Å². The van der Waals surface area contributed by atoms with Gasteiger partial charge < -0.3 is 14.7 Å². The zero-order chi connectivity index (χ0) is 20.6. The summed E-state index contributed by atoms with van der Waals surface area (Å²) in [7, 11) is 2.34. The molecule has 0 aromatic heterocycles. The van der Waals surface area contributed by atoms with Crippen molar-refractivity contribution >= 4 is 0 Å². The number of ether oxygens (including phenoxy) is 1. The number of rotatable bonds is 1. The Morgan fingerprint density at radius 3 is 2.69 bits per heavy atom. The zero-order valence-electron chi connectivity index (χ0n) is 19.0. The van der Waals surface area contributed by atoms with Crippen molar-refractivity contribution in [1.82, 2.24) is 4.90 Å². The lowest BCUT2D eigenvalue weighted by molar-refractivity contribution is -0.260. The second kappa shape index (κ2) is 5.22. The number of hydrogen-bond acceptors (Lipinski definition) is 3. The Morgan fingerprint density at radius 1 is 1.21 bits per heavy atom. The third-order valence-electron chi connectivity index (χ3n) is 10.7. The fourth-order valence-electron chi connectivity index (χ4n) is 9.02. The minimum Gasteiger partial charge on any atom is -0.489 e. The van der Waals surface area contributed by atoms with E-state index >= 15 is 0 Å². The number of fused-ring (bicyclic) bond motifs is 2. The molecule has 3 heteroatoms. The van der Waals surface area contributed by atoms with Gasteiger partial charge in [-0.05, 0) is 75.1 Å². The van der Waals surface area contributed by atoms with Crippen LogP contribution in [0.3, 0.4) is 0 Å². The Kier molecular flexibility index (Phi) is 3.36. The molecule has 6 aliphatic rings. The van der Waals surface area contributed by atoms with Crippen molar-refractivity contribution in [2.24, 2.45) is 28.6 Å². The summed E-state index contributed by atoms with van der Waals surface area (Å²) in [6.07, 6.45) is 4.92.